The van der Waals surface area contributed by atoms with Crippen molar-refractivity contribution in [1.82, 2.24) is 14.8 Å². The SMILES string of the molecule is CCOC(=O)CSc1nnc(COc2ccc(Cl)c(C)c2)n1-c1ccccc1. The van der Waals surface area contributed by atoms with Gasteiger partial charge in [-0.25, -0.2) is 0 Å². The number of benzene rings is 2. The Morgan fingerprint density at radius 2 is 1.96 bits per heavy atom. The fourth-order valence-corrected chi connectivity index (χ4v) is 3.39. The van der Waals surface area contributed by atoms with E-state index in [1.165, 1.54) is 11.8 Å². The van der Waals surface area contributed by atoms with Crippen molar-refractivity contribution in [3.8, 4) is 11.4 Å². The van der Waals surface area contributed by atoms with Gasteiger partial charge in [-0.1, -0.05) is 41.6 Å². The summed E-state index contributed by atoms with van der Waals surface area (Å²) in [5.41, 5.74) is 1.83. The van der Waals surface area contributed by atoms with Crippen molar-refractivity contribution in [2.45, 2.75) is 25.6 Å². The summed E-state index contributed by atoms with van der Waals surface area (Å²) in [5.74, 6) is 1.20. The van der Waals surface area contributed by atoms with Crippen LogP contribution in [0.15, 0.2) is 53.7 Å². The van der Waals surface area contributed by atoms with E-state index in [-0.39, 0.29) is 18.3 Å². The number of hydrogen-bond donors (Lipinski definition) is 0. The van der Waals surface area contributed by atoms with E-state index in [0.717, 1.165) is 11.3 Å². The van der Waals surface area contributed by atoms with Gasteiger partial charge in [-0.3, -0.25) is 9.36 Å². The van der Waals surface area contributed by atoms with Crippen molar-refractivity contribution < 1.29 is 14.3 Å². The second kappa shape index (κ2) is 9.61. The van der Waals surface area contributed by atoms with Gasteiger partial charge >= 0.3 is 5.97 Å². The monoisotopic (exact) mass is 417 g/mol. The Balaban J connectivity index is 1.81. The molecule has 0 saturated heterocycles. The molecule has 0 saturated carbocycles. The minimum Gasteiger partial charge on any atom is -0.486 e. The van der Waals surface area contributed by atoms with Gasteiger partial charge in [0.05, 0.1) is 12.4 Å². The highest BCUT2D eigenvalue weighted by atomic mass is 35.5. The van der Waals surface area contributed by atoms with Crippen molar-refractivity contribution in [2.24, 2.45) is 0 Å². The number of carbonyl (C=O) groups excluding carboxylic acids is 1. The molecule has 2 aromatic carbocycles. The van der Waals surface area contributed by atoms with E-state index in [9.17, 15) is 4.79 Å². The number of carbonyl (C=O) groups is 1. The Labute approximate surface area is 172 Å². The predicted octanol–water partition coefficient (Wildman–Crippen LogP) is 4.46. The minimum atomic E-state index is -0.287. The largest absolute Gasteiger partial charge is 0.486 e. The molecule has 0 aliphatic rings. The van der Waals surface area contributed by atoms with E-state index >= 15 is 0 Å². The lowest BCUT2D eigenvalue weighted by Crippen LogP contribution is -2.09. The van der Waals surface area contributed by atoms with Crippen molar-refractivity contribution in [1.29, 1.82) is 0 Å². The number of aromatic nitrogens is 3. The lowest BCUT2D eigenvalue weighted by atomic mass is 10.2. The maximum absolute atomic E-state index is 11.7. The molecular weight excluding hydrogens is 398 g/mol. The summed E-state index contributed by atoms with van der Waals surface area (Å²) in [7, 11) is 0. The normalized spacial score (nSPS) is 10.7. The van der Waals surface area contributed by atoms with Crippen LogP contribution in [0.25, 0.3) is 5.69 Å². The number of thioether (sulfide) groups is 1. The van der Waals surface area contributed by atoms with Crippen molar-refractivity contribution in [2.75, 3.05) is 12.4 Å². The molecule has 0 spiro atoms. The zero-order valence-electron chi connectivity index (χ0n) is 15.6. The molecule has 0 aliphatic heterocycles. The Bertz CT molecular complexity index is 947. The fourth-order valence-electron chi connectivity index (χ4n) is 2.50. The molecule has 3 aromatic rings. The van der Waals surface area contributed by atoms with Crippen LogP contribution in [0.3, 0.4) is 0 Å². The van der Waals surface area contributed by atoms with Crippen LogP contribution < -0.4 is 4.74 Å². The molecule has 3 rings (SSSR count). The van der Waals surface area contributed by atoms with Gasteiger partial charge in [0.15, 0.2) is 11.0 Å². The number of esters is 1. The maximum atomic E-state index is 11.7. The van der Waals surface area contributed by atoms with Crippen LogP contribution in [0.5, 0.6) is 5.75 Å². The molecule has 0 radical (unpaired) electrons. The van der Waals surface area contributed by atoms with Crippen LogP contribution in [0.4, 0.5) is 0 Å². The van der Waals surface area contributed by atoms with Gasteiger partial charge in [-0.2, -0.15) is 0 Å². The van der Waals surface area contributed by atoms with Gasteiger partial charge in [0.1, 0.15) is 12.4 Å². The minimum absolute atomic E-state index is 0.163. The summed E-state index contributed by atoms with van der Waals surface area (Å²) in [6.45, 7) is 4.28. The lowest BCUT2D eigenvalue weighted by molar-refractivity contribution is -0.139. The molecule has 0 N–H and O–H groups in total. The van der Waals surface area contributed by atoms with E-state index in [1.54, 1.807) is 13.0 Å². The third-order valence-electron chi connectivity index (χ3n) is 3.84. The summed E-state index contributed by atoms with van der Waals surface area (Å²) in [6, 6.07) is 15.2. The highest BCUT2D eigenvalue weighted by Crippen LogP contribution is 2.25. The third-order valence-corrected chi connectivity index (χ3v) is 5.16. The average molecular weight is 418 g/mol. The molecule has 0 bridgehead atoms. The second-order valence-electron chi connectivity index (χ2n) is 5.86. The van der Waals surface area contributed by atoms with Crippen LogP contribution in [-0.4, -0.2) is 33.1 Å². The van der Waals surface area contributed by atoms with Crippen molar-refractivity contribution >= 4 is 29.3 Å². The van der Waals surface area contributed by atoms with Crippen LogP contribution in [0.2, 0.25) is 5.02 Å². The topological polar surface area (TPSA) is 66.2 Å². The lowest BCUT2D eigenvalue weighted by Gasteiger charge is -2.11. The molecule has 0 unspecified atom stereocenters. The van der Waals surface area contributed by atoms with Crippen molar-refractivity contribution in [3.05, 3.63) is 64.9 Å². The first kappa shape index (κ1) is 20.2. The van der Waals surface area contributed by atoms with Crippen LogP contribution in [0, 0.1) is 6.92 Å². The molecule has 1 aromatic heterocycles. The first-order chi connectivity index (χ1) is 13.6. The number of nitrogens with zero attached hydrogens (tertiary/aromatic N) is 3. The summed E-state index contributed by atoms with van der Waals surface area (Å²) < 4.78 is 12.8. The Kier molecular flexibility index (Phi) is 6.95. The number of halogens is 1. The molecule has 0 atom stereocenters. The number of aryl methyl sites for hydroxylation is 1. The smallest absolute Gasteiger partial charge is 0.316 e. The quantitative estimate of drug-likeness (QED) is 0.398. The number of hydrogen-bond acceptors (Lipinski definition) is 6. The number of para-hydroxylation sites is 1. The van der Waals surface area contributed by atoms with Crippen LogP contribution in [-0.2, 0) is 16.1 Å². The van der Waals surface area contributed by atoms with Crippen LogP contribution in [0.1, 0.15) is 18.3 Å². The van der Waals surface area contributed by atoms with Crippen LogP contribution >= 0.6 is 23.4 Å². The second-order valence-corrected chi connectivity index (χ2v) is 7.21. The van der Waals surface area contributed by atoms with Gasteiger partial charge in [0, 0.05) is 10.7 Å². The molecule has 0 amide bonds. The van der Waals surface area contributed by atoms with E-state index in [0.29, 0.717) is 28.4 Å². The van der Waals surface area contributed by atoms with E-state index in [2.05, 4.69) is 10.2 Å². The molecule has 1 heterocycles. The molecule has 0 aliphatic carbocycles. The number of ether oxygens (including phenoxy) is 2. The van der Waals surface area contributed by atoms with E-state index in [4.69, 9.17) is 21.1 Å². The summed E-state index contributed by atoms with van der Waals surface area (Å²) in [6.07, 6.45) is 0. The molecular formula is C20H20ClN3O3S. The van der Waals surface area contributed by atoms with Gasteiger partial charge in [-0.15, -0.1) is 10.2 Å². The van der Waals surface area contributed by atoms with Gasteiger partial charge < -0.3 is 9.47 Å². The predicted molar refractivity (Wildman–Crippen MR) is 109 cm³/mol. The van der Waals surface area contributed by atoms with Gasteiger partial charge in [0.25, 0.3) is 0 Å². The van der Waals surface area contributed by atoms with E-state index in [1.807, 2.05) is 54.0 Å². The Morgan fingerprint density at radius 1 is 1.18 bits per heavy atom. The summed E-state index contributed by atoms with van der Waals surface area (Å²) >= 11 is 7.35. The Hall–Kier alpha value is -2.51. The fraction of sp³-hybridized carbons (Fsp3) is 0.250. The zero-order chi connectivity index (χ0) is 19.9. The molecule has 8 heteroatoms. The highest BCUT2D eigenvalue weighted by Gasteiger charge is 2.16. The van der Waals surface area contributed by atoms with E-state index < -0.39 is 0 Å². The standard InChI is InChI=1S/C20H20ClN3O3S/c1-3-26-19(25)13-28-20-23-22-18(24(20)15-7-5-4-6-8-15)12-27-16-9-10-17(21)14(2)11-16/h4-11H,3,12-13H2,1-2H3. The molecule has 146 valence electrons. The van der Waals surface area contributed by atoms with Gasteiger partial charge in [0.2, 0.25) is 0 Å². The molecule has 28 heavy (non-hydrogen) atoms. The first-order valence-corrected chi connectivity index (χ1v) is 10.1. The molecule has 6 nitrogen and oxygen atoms in total. The third kappa shape index (κ3) is 5.05. The summed E-state index contributed by atoms with van der Waals surface area (Å²) in [4.78, 5) is 11.7. The summed E-state index contributed by atoms with van der Waals surface area (Å²) in [5, 5.41) is 9.79. The number of rotatable bonds is 8. The maximum Gasteiger partial charge on any atom is 0.316 e. The first-order valence-electron chi connectivity index (χ1n) is 8.75. The Morgan fingerprint density at radius 3 is 2.68 bits per heavy atom. The average Bonchev–Trinajstić information content (AvgIpc) is 3.11. The van der Waals surface area contributed by atoms with Crippen molar-refractivity contribution in [3.63, 3.8) is 0 Å². The highest BCUT2D eigenvalue weighted by molar-refractivity contribution is 7.99. The molecule has 0 fully saturated rings. The zero-order valence-corrected chi connectivity index (χ0v) is 17.2. The van der Waals surface area contributed by atoms with Gasteiger partial charge in [-0.05, 0) is 49.7 Å².